The van der Waals surface area contributed by atoms with E-state index in [2.05, 4.69) is 24.1 Å². The molecule has 0 radical (unpaired) electrons. The first-order valence-corrected chi connectivity index (χ1v) is 6.61. The van der Waals surface area contributed by atoms with Crippen molar-refractivity contribution < 1.29 is 9.15 Å². The second-order valence-corrected chi connectivity index (χ2v) is 4.75. The molecule has 0 saturated carbocycles. The standard InChI is InChI=1S/C17H16O2/c1-2-11-18-15-9-6-10-16-14(15)12-17(19-16)13-7-4-3-5-8-13/h1,3-5,7-8,12,15H,6,9-11H2. The smallest absolute Gasteiger partial charge is 0.134 e. The summed E-state index contributed by atoms with van der Waals surface area (Å²) in [5, 5.41) is 0. The molecule has 1 atom stereocenters. The molecule has 0 N–H and O–H groups in total. The molecule has 0 aliphatic heterocycles. The van der Waals surface area contributed by atoms with Gasteiger partial charge in [0.2, 0.25) is 0 Å². The van der Waals surface area contributed by atoms with Crippen molar-refractivity contribution in [3.8, 4) is 23.7 Å². The van der Waals surface area contributed by atoms with E-state index in [0.29, 0.717) is 6.61 Å². The van der Waals surface area contributed by atoms with Crippen LogP contribution in [0.1, 0.15) is 30.3 Å². The Morgan fingerprint density at radius 3 is 2.95 bits per heavy atom. The van der Waals surface area contributed by atoms with Gasteiger partial charge in [0.1, 0.15) is 18.1 Å². The van der Waals surface area contributed by atoms with Gasteiger partial charge in [-0.25, -0.2) is 0 Å². The quantitative estimate of drug-likeness (QED) is 0.771. The summed E-state index contributed by atoms with van der Waals surface area (Å²) in [4.78, 5) is 0. The van der Waals surface area contributed by atoms with Crippen molar-refractivity contribution in [2.45, 2.75) is 25.4 Å². The number of aryl methyl sites for hydroxylation is 1. The highest BCUT2D eigenvalue weighted by molar-refractivity contribution is 5.59. The lowest BCUT2D eigenvalue weighted by atomic mass is 9.95. The zero-order valence-corrected chi connectivity index (χ0v) is 10.8. The Kier molecular flexibility index (Phi) is 3.39. The summed E-state index contributed by atoms with van der Waals surface area (Å²) in [6.07, 6.45) is 8.44. The number of fused-ring (bicyclic) bond motifs is 1. The maximum atomic E-state index is 5.97. The van der Waals surface area contributed by atoms with E-state index in [4.69, 9.17) is 15.6 Å². The van der Waals surface area contributed by atoms with Gasteiger partial charge >= 0.3 is 0 Å². The number of rotatable bonds is 3. The summed E-state index contributed by atoms with van der Waals surface area (Å²) in [6, 6.07) is 12.3. The number of hydrogen-bond donors (Lipinski definition) is 0. The fourth-order valence-electron chi connectivity index (χ4n) is 2.58. The minimum atomic E-state index is 0.0843. The lowest BCUT2D eigenvalue weighted by Gasteiger charge is -2.20. The van der Waals surface area contributed by atoms with E-state index >= 15 is 0 Å². The van der Waals surface area contributed by atoms with E-state index < -0.39 is 0 Å². The highest BCUT2D eigenvalue weighted by Gasteiger charge is 2.25. The predicted molar refractivity (Wildman–Crippen MR) is 74.6 cm³/mol. The van der Waals surface area contributed by atoms with E-state index in [0.717, 1.165) is 36.3 Å². The number of furan rings is 1. The molecule has 2 nitrogen and oxygen atoms in total. The SMILES string of the molecule is C#CCOC1CCCc2oc(-c3ccccc3)cc21. The molecule has 2 heteroatoms. The molecule has 0 fully saturated rings. The summed E-state index contributed by atoms with van der Waals surface area (Å²) in [7, 11) is 0. The molecular formula is C17H16O2. The van der Waals surface area contributed by atoms with Crippen molar-refractivity contribution in [1.82, 2.24) is 0 Å². The molecule has 0 spiro atoms. The Labute approximate surface area is 113 Å². The third-order valence-corrected chi connectivity index (χ3v) is 3.48. The third-order valence-electron chi connectivity index (χ3n) is 3.48. The molecule has 3 rings (SSSR count). The van der Waals surface area contributed by atoms with Gasteiger partial charge < -0.3 is 9.15 Å². The molecule has 0 saturated heterocycles. The van der Waals surface area contributed by atoms with Crippen LogP contribution in [-0.2, 0) is 11.2 Å². The van der Waals surface area contributed by atoms with Gasteiger partial charge in [0.05, 0.1) is 6.10 Å². The highest BCUT2D eigenvalue weighted by atomic mass is 16.5. The average molecular weight is 252 g/mol. The zero-order chi connectivity index (χ0) is 13.1. The molecule has 96 valence electrons. The van der Waals surface area contributed by atoms with Crippen molar-refractivity contribution in [3.05, 3.63) is 47.7 Å². The van der Waals surface area contributed by atoms with E-state index in [9.17, 15) is 0 Å². The fraction of sp³-hybridized carbons (Fsp3) is 0.294. The number of benzene rings is 1. The number of terminal acetylenes is 1. The van der Waals surface area contributed by atoms with Crippen LogP contribution in [0.3, 0.4) is 0 Å². The number of ether oxygens (including phenoxy) is 1. The van der Waals surface area contributed by atoms with Crippen molar-refractivity contribution in [1.29, 1.82) is 0 Å². The Hall–Kier alpha value is -1.98. The molecule has 19 heavy (non-hydrogen) atoms. The minimum absolute atomic E-state index is 0.0843. The van der Waals surface area contributed by atoms with Crippen LogP contribution in [-0.4, -0.2) is 6.61 Å². The first kappa shape index (κ1) is 12.1. The van der Waals surface area contributed by atoms with Gasteiger partial charge in [-0.3, -0.25) is 0 Å². The summed E-state index contributed by atoms with van der Waals surface area (Å²) in [6.45, 7) is 0.357. The van der Waals surface area contributed by atoms with E-state index in [1.54, 1.807) is 0 Å². The Morgan fingerprint density at radius 1 is 1.32 bits per heavy atom. The van der Waals surface area contributed by atoms with Crippen molar-refractivity contribution >= 4 is 0 Å². The van der Waals surface area contributed by atoms with Crippen LogP contribution < -0.4 is 0 Å². The van der Waals surface area contributed by atoms with Crippen LogP contribution in [0.4, 0.5) is 0 Å². The third kappa shape index (κ3) is 2.43. The fourth-order valence-corrected chi connectivity index (χ4v) is 2.58. The van der Waals surface area contributed by atoms with Crippen molar-refractivity contribution in [2.24, 2.45) is 0 Å². The summed E-state index contributed by atoms with van der Waals surface area (Å²) < 4.78 is 11.7. The molecule has 1 aliphatic rings. The summed E-state index contributed by atoms with van der Waals surface area (Å²) in [5.74, 6) is 4.50. The van der Waals surface area contributed by atoms with Crippen LogP contribution in [0, 0.1) is 12.3 Å². The van der Waals surface area contributed by atoms with Gasteiger partial charge in [-0.2, -0.15) is 0 Å². The molecule has 1 unspecified atom stereocenters. The largest absolute Gasteiger partial charge is 0.461 e. The first-order chi connectivity index (χ1) is 9.38. The predicted octanol–water partition coefficient (Wildman–Crippen LogP) is 3.97. The van der Waals surface area contributed by atoms with Crippen LogP contribution in [0.25, 0.3) is 11.3 Å². The maximum Gasteiger partial charge on any atom is 0.134 e. The van der Waals surface area contributed by atoms with Crippen molar-refractivity contribution in [2.75, 3.05) is 6.61 Å². The Bertz CT molecular complexity index is 589. The summed E-state index contributed by atoms with van der Waals surface area (Å²) >= 11 is 0. The molecule has 2 aromatic rings. The van der Waals surface area contributed by atoms with Gasteiger partial charge in [0.25, 0.3) is 0 Å². The lowest BCUT2D eigenvalue weighted by Crippen LogP contribution is -2.11. The second kappa shape index (κ2) is 5.34. The van der Waals surface area contributed by atoms with E-state index in [1.807, 2.05) is 18.2 Å². The normalized spacial score (nSPS) is 17.7. The van der Waals surface area contributed by atoms with Gasteiger partial charge in [0.15, 0.2) is 0 Å². The molecule has 0 bridgehead atoms. The molecule has 1 aliphatic carbocycles. The lowest BCUT2D eigenvalue weighted by molar-refractivity contribution is 0.0625. The van der Waals surface area contributed by atoms with E-state index in [1.165, 1.54) is 5.56 Å². The van der Waals surface area contributed by atoms with Crippen LogP contribution in [0.15, 0.2) is 40.8 Å². The molecule has 1 heterocycles. The van der Waals surface area contributed by atoms with Crippen LogP contribution >= 0.6 is 0 Å². The minimum Gasteiger partial charge on any atom is -0.461 e. The average Bonchev–Trinajstić information content (AvgIpc) is 2.90. The monoisotopic (exact) mass is 252 g/mol. The Balaban J connectivity index is 1.91. The topological polar surface area (TPSA) is 22.4 Å². The molecule has 1 aromatic heterocycles. The summed E-state index contributed by atoms with van der Waals surface area (Å²) in [5.41, 5.74) is 2.27. The van der Waals surface area contributed by atoms with Crippen molar-refractivity contribution in [3.63, 3.8) is 0 Å². The van der Waals surface area contributed by atoms with E-state index in [-0.39, 0.29) is 6.10 Å². The zero-order valence-electron chi connectivity index (χ0n) is 10.8. The Morgan fingerprint density at radius 2 is 2.16 bits per heavy atom. The van der Waals surface area contributed by atoms with Crippen LogP contribution in [0.5, 0.6) is 0 Å². The molecule has 1 aromatic carbocycles. The number of hydrogen-bond acceptors (Lipinski definition) is 2. The van der Waals surface area contributed by atoms with Crippen LogP contribution in [0.2, 0.25) is 0 Å². The van der Waals surface area contributed by atoms with Gasteiger partial charge in [0, 0.05) is 17.5 Å². The molecular weight excluding hydrogens is 236 g/mol. The maximum absolute atomic E-state index is 5.97. The first-order valence-electron chi connectivity index (χ1n) is 6.61. The molecule has 0 amide bonds. The van der Waals surface area contributed by atoms with Gasteiger partial charge in [-0.15, -0.1) is 6.42 Å². The highest BCUT2D eigenvalue weighted by Crippen LogP contribution is 2.37. The van der Waals surface area contributed by atoms with Gasteiger partial charge in [-0.05, 0) is 18.9 Å². The van der Waals surface area contributed by atoms with Gasteiger partial charge in [-0.1, -0.05) is 36.3 Å². The second-order valence-electron chi connectivity index (χ2n) is 4.75.